The van der Waals surface area contributed by atoms with Crippen molar-refractivity contribution in [3.05, 3.63) is 0 Å². The molecule has 0 saturated carbocycles. The third-order valence-corrected chi connectivity index (χ3v) is 1.21. The lowest BCUT2D eigenvalue weighted by molar-refractivity contribution is -0.119. The van der Waals surface area contributed by atoms with Gasteiger partial charge in [0.25, 0.3) is 0 Å². The van der Waals surface area contributed by atoms with Gasteiger partial charge < -0.3 is 0 Å². The summed E-state index contributed by atoms with van der Waals surface area (Å²) in [6, 6.07) is 0. The third-order valence-electron chi connectivity index (χ3n) is 1.21. The van der Waals surface area contributed by atoms with Gasteiger partial charge in [-0.3, -0.25) is 4.79 Å². The van der Waals surface area contributed by atoms with Gasteiger partial charge in [0.05, 0.1) is 0 Å². The molecule has 0 aliphatic heterocycles. The van der Waals surface area contributed by atoms with Gasteiger partial charge in [-0.25, -0.2) is 0 Å². The molecule has 0 N–H and O–H groups in total. The number of hydrogen-bond acceptors (Lipinski definition) is 1. The monoisotopic (exact) mass is 124 g/mol. The Labute approximate surface area is 56.5 Å². The minimum atomic E-state index is 0.109. The molecular weight excluding hydrogens is 112 g/mol. The lowest BCUT2D eigenvalue weighted by Crippen LogP contribution is -2.01. The molecule has 0 radical (unpaired) electrons. The van der Waals surface area contributed by atoms with E-state index < -0.39 is 0 Å². The maximum absolute atomic E-state index is 10.7. The van der Waals surface area contributed by atoms with Crippen LogP contribution in [0.5, 0.6) is 0 Å². The van der Waals surface area contributed by atoms with Crippen molar-refractivity contribution in [2.75, 3.05) is 0 Å². The Morgan fingerprint density at radius 1 is 1.78 bits per heavy atom. The van der Waals surface area contributed by atoms with Gasteiger partial charge in [0.15, 0.2) is 0 Å². The molecule has 0 spiro atoms. The van der Waals surface area contributed by atoms with Crippen LogP contribution in [0.15, 0.2) is 0 Å². The van der Waals surface area contributed by atoms with Gasteiger partial charge in [-0.2, -0.15) is 0 Å². The molecule has 1 atom stereocenters. The van der Waals surface area contributed by atoms with Crippen LogP contribution in [-0.2, 0) is 4.79 Å². The molecule has 50 valence electrons. The Kier molecular flexibility index (Phi) is 3.79. The maximum atomic E-state index is 10.7. The highest BCUT2D eigenvalue weighted by molar-refractivity contribution is 5.78. The van der Waals surface area contributed by atoms with Crippen LogP contribution in [-0.4, -0.2) is 5.78 Å². The first kappa shape index (κ1) is 8.23. The van der Waals surface area contributed by atoms with Crippen LogP contribution in [0.4, 0.5) is 0 Å². The summed E-state index contributed by atoms with van der Waals surface area (Å²) < 4.78 is 0. The Morgan fingerprint density at radius 2 is 2.33 bits per heavy atom. The van der Waals surface area contributed by atoms with Crippen molar-refractivity contribution in [2.24, 2.45) is 5.92 Å². The van der Waals surface area contributed by atoms with Crippen molar-refractivity contribution < 1.29 is 4.79 Å². The Morgan fingerprint density at radius 3 is 2.67 bits per heavy atom. The molecule has 0 heterocycles. The van der Waals surface area contributed by atoms with Gasteiger partial charge in [-0.15, -0.1) is 12.3 Å². The molecule has 1 heteroatoms. The molecule has 0 aliphatic carbocycles. The van der Waals surface area contributed by atoms with Crippen LogP contribution in [0.25, 0.3) is 0 Å². The zero-order valence-electron chi connectivity index (χ0n) is 5.98. The fourth-order valence-corrected chi connectivity index (χ4v) is 0.545. The molecule has 1 nitrogen and oxygen atoms in total. The Balaban J connectivity index is 3.50. The molecule has 0 fully saturated rings. The quantitative estimate of drug-likeness (QED) is 0.522. The standard InChI is InChI=1S/C8H12O/c1-4-7(3)6-8(9)5-2/h1,7H,5-6H2,2-3H3/t7-/m1/s1. The first-order valence-electron chi connectivity index (χ1n) is 3.18. The van der Waals surface area contributed by atoms with Crippen LogP contribution in [0, 0.1) is 18.3 Å². The lowest BCUT2D eigenvalue weighted by Gasteiger charge is -1.98. The summed E-state index contributed by atoms with van der Waals surface area (Å²) in [6.07, 6.45) is 6.21. The molecular formula is C8H12O. The first-order chi connectivity index (χ1) is 4.20. The lowest BCUT2D eigenvalue weighted by atomic mass is 10.1. The fourth-order valence-electron chi connectivity index (χ4n) is 0.545. The maximum Gasteiger partial charge on any atom is 0.133 e. The third kappa shape index (κ3) is 3.78. The highest BCUT2D eigenvalue weighted by Crippen LogP contribution is 2.01. The predicted molar refractivity (Wildman–Crippen MR) is 37.9 cm³/mol. The average Bonchev–Trinajstić information content (AvgIpc) is 1.87. The Hall–Kier alpha value is -0.770. The van der Waals surface area contributed by atoms with Gasteiger partial charge in [0.1, 0.15) is 5.78 Å². The van der Waals surface area contributed by atoms with Crippen LogP contribution in [0.1, 0.15) is 26.7 Å². The van der Waals surface area contributed by atoms with E-state index in [2.05, 4.69) is 5.92 Å². The smallest absolute Gasteiger partial charge is 0.133 e. The molecule has 0 unspecified atom stereocenters. The SMILES string of the molecule is C#C[C@@H](C)CC(=O)CC. The van der Waals surface area contributed by atoms with E-state index in [4.69, 9.17) is 6.42 Å². The molecule has 0 bridgehead atoms. The molecule has 9 heavy (non-hydrogen) atoms. The normalized spacial score (nSPS) is 12.1. The number of carbonyl (C=O) groups is 1. The predicted octanol–water partition coefficient (Wildman–Crippen LogP) is 1.62. The topological polar surface area (TPSA) is 17.1 Å². The highest BCUT2D eigenvalue weighted by atomic mass is 16.1. The van der Waals surface area contributed by atoms with Crippen molar-refractivity contribution in [3.8, 4) is 12.3 Å². The van der Waals surface area contributed by atoms with Crippen molar-refractivity contribution in [2.45, 2.75) is 26.7 Å². The summed E-state index contributed by atoms with van der Waals surface area (Å²) in [7, 11) is 0. The highest BCUT2D eigenvalue weighted by Gasteiger charge is 2.02. The van der Waals surface area contributed by atoms with E-state index >= 15 is 0 Å². The number of ketones is 1. The van der Waals surface area contributed by atoms with E-state index in [0.717, 1.165) is 0 Å². The minimum Gasteiger partial charge on any atom is -0.300 e. The molecule has 0 rings (SSSR count). The second-order valence-electron chi connectivity index (χ2n) is 2.16. The second-order valence-corrected chi connectivity index (χ2v) is 2.16. The second kappa shape index (κ2) is 4.14. The van der Waals surface area contributed by atoms with E-state index in [1.54, 1.807) is 0 Å². The minimum absolute atomic E-state index is 0.109. The first-order valence-corrected chi connectivity index (χ1v) is 3.18. The largest absolute Gasteiger partial charge is 0.300 e. The number of carbonyl (C=O) groups excluding carboxylic acids is 1. The average molecular weight is 124 g/mol. The number of Topliss-reactive ketones (excluding diaryl/α,β-unsaturated/α-hetero) is 1. The summed E-state index contributed by atoms with van der Waals surface area (Å²) in [4.78, 5) is 10.7. The van der Waals surface area contributed by atoms with Crippen LogP contribution >= 0.6 is 0 Å². The number of rotatable bonds is 3. The van der Waals surface area contributed by atoms with E-state index in [0.29, 0.717) is 12.8 Å². The summed E-state index contributed by atoms with van der Waals surface area (Å²) >= 11 is 0. The summed E-state index contributed by atoms with van der Waals surface area (Å²) in [6.45, 7) is 3.74. The molecule has 0 saturated heterocycles. The Bertz CT molecular complexity index is 130. The zero-order valence-corrected chi connectivity index (χ0v) is 5.98. The van der Waals surface area contributed by atoms with Crippen LogP contribution in [0.3, 0.4) is 0 Å². The van der Waals surface area contributed by atoms with E-state index in [1.165, 1.54) is 0 Å². The van der Waals surface area contributed by atoms with Gasteiger partial charge in [0.2, 0.25) is 0 Å². The van der Waals surface area contributed by atoms with Gasteiger partial charge in [-0.1, -0.05) is 13.8 Å². The molecule has 0 aliphatic rings. The number of hydrogen-bond donors (Lipinski definition) is 0. The molecule has 0 amide bonds. The van der Waals surface area contributed by atoms with E-state index in [1.807, 2.05) is 13.8 Å². The fraction of sp³-hybridized carbons (Fsp3) is 0.625. The van der Waals surface area contributed by atoms with E-state index in [-0.39, 0.29) is 11.7 Å². The van der Waals surface area contributed by atoms with Crippen LogP contribution in [0.2, 0.25) is 0 Å². The van der Waals surface area contributed by atoms with E-state index in [9.17, 15) is 4.79 Å². The van der Waals surface area contributed by atoms with Gasteiger partial charge in [0, 0.05) is 18.8 Å². The summed E-state index contributed by atoms with van der Waals surface area (Å²) in [5, 5.41) is 0. The molecule has 0 aromatic carbocycles. The zero-order chi connectivity index (χ0) is 7.28. The molecule has 0 aromatic heterocycles. The van der Waals surface area contributed by atoms with Crippen molar-refractivity contribution in [3.63, 3.8) is 0 Å². The van der Waals surface area contributed by atoms with Gasteiger partial charge >= 0.3 is 0 Å². The van der Waals surface area contributed by atoms with Crippen molar-refractivity contribution >= 4 is 5.78 Å². The van der Waals surface area contributed by atoms with Crippen LogP contribution < -0.4 is 0 Å². The van der Waals surface area contributed by atoms with Crippen molar-refractivity contribution in [1.82, 2.24) is 0 Å². The summed E-state index contributed by atoms with van der Waals surface area (Å²) in [5.74, 6) is 2.87. The van der Waals surface area contributed by atoms with Gasteiger partial charge in [-0.05, 0) is 0 Å². The molecule has 0 aromatic rings. The number of terminal acetylenes is 1. The van der Waals surface area contributed by atoms with Crippen molar-refractivity contribution in [1.29, 1.82) is 0 Å². The summed E-state index contributed by atoms with van der Waals surface area (Å²) in [5.41, 5.74) is 0.